The van der Waals surface area contributed by atoms with Gasteiger partial charge in [0, 0.05) is 30.2 Å². The van der Waals surface area contributed by atoms with Gasteiger partial charge in [0.2, 0.25) is 0 Å². The Bertz CT molecular complexity index is 713. The van der Waals surface area contributed by atoms with Crippen LogP contribution in [0.5, 0.6) is 0 Å². The van der Waals surface area contributed by atoms with Gasteiger partial charge in [0.1, 0.15) is 5.78 Å². The standard InChI is InChI=1S/C19H20N2O3/c22-18-9-5-4-8-17(18)19(20-15-6-2-1-3-7-15)14-10-12-16(13-11-14)21(23)24/h1-3,6-7,10-13,17,19-20H,4-5,8-9H2/t17-,19+/m1/s1. The Morgan fingerprint density at radius 1 is 1.04 bits per heavy atom. The minimum absolute atomic E-state index is 0.0622. The fraction of sp³-hybridized carbons (Fsp3) is 0.316. The van der Waals surface area contributed by atoms with Gasteiger partial charge >= 0.3 is 0 Å². The third-order valence-electron chi connectivity index (χ3n) is 4.56. The number of nitrogens with one attached hydrogen (secondary N) is 1. The van der Waals surface area contributed by atoms with Crippen LogP contribution in [0.1, 0.15) is 37.3 Å². The molecule has 0 radical (unpaired) electrons. The number of para-hydroxylation sites is 1. The lowest BCUT2D eigenvalue weighted by molar-refractivity contribution is -0.384. The summed E-state index contributed by atoms with van der Waals surface area (Å²) in [6.07, 6.45) is 3.45. The molecule has 24 heavy (non-hydrogen) atoms. The van der Waals surface area contributed by atoms with Crippen LogP contribution in [0.25, 0.3) is 0 Å². The number of nitro groups is 1. The SMILES string of the molecule is O=C1CCCC[C@H]1[C@@H](Nc1ccccc1)c1ccc([N+](=O)[O-])cc1. The fourth-order valence-corrected chi connectivity index (χ4v) is 3.30. The van der Waals surface area contributed by atoms with E-state index in [0.717, 1.165) is 30.5 Å². The smallest absolute Gasteiger partial charge is 0.269 e. The summed E-state index contributed by atoms with van der Waals surface area (Å²) in [5.41, 5.74) is 1.91. The lowest BCUT2D eigenvalue weighted by atomic mass is 9.80. The zero-order valence-electron chi connectivity index (χ0n) is 13.4. The average molecular weight is 324 g/mol. The number of nitro benzene ring substituents is 1. The van der Waals surface area contributed by atoms with Crippen molar-refractivity contribution in [1.29, 1.82) is 0 Å². The second-order valence-electron chi connectivity index (χ2n) is 6.16. The molecule has 1 aliphatic carbocycles. The molecule has 1 fully saturated rings. The molecule has 2 aromatic rings. The highest BCUT2D eigenvalue weighted by molar-refractivity contribution is 5.83. The van der Waals surface area contributed by atoms with Gasteiger partial charge in [0.25, 0.3) is 5.69 Å². The molecule has 1 N–H and O–H groups in total. The maximum atomic E-state index is 12.4. The first-order valence-corrected chi connectivity index (χ1v) is 8.24. The van der Waals surface area contributed by atoms with Gasteiger partial charge in [-0.3, -0.25) is 14.9 Å². The van der Waals surface area contributed by atoms with Crippen LogP contribution >= 0.6 is 0 Å². The lowest BCUT2D eigenvalue weighted by Crippen LogP contribution is -2.30. The normalized spacial score (nSPS) is 18.8. The Morgan fingerprint density at radius 3 is 2.38 bits per heavy atom. The van der Waals surface area contributed by atoms with Crippen LogP contribution in [0.15, 0.2) is 54.6 Å². The van der Waals surface area contributed by atoms with Crippen molar-refractivity contribution < 1.29 is 9.72 Å². The Kier molecular flexibility index (Phi) is 4.89. The topological polar surface area (TPSA) is 72.2 Å². The molecule has 0 heterocycles. The van der Waals surface area contributed by atoms with E-state index in [1.54, 1.807) is 12.1 Å². The van der Waals surface area contributed by atoms with Gasteiger partial charge < -0.3 is 5.32 Å². The van der Waals surface area contributed by atoms with Gasteiger partial charge in [0.05, 0.1) is 11.0 Å². The van der Waals surface area contributed by atoms with E-state index in [0.29, 0.717) is 6.42 Å². The highest BCUT2D eigenvalue weighted by atomic mass is 16.6. The van der Waals surface area contributed by atoms with Crippen LogP contribution in [0, 0.1) is 16.0 Å². The maximum Gasteiger partial charge on any atom is 0.269 e. The summed E-state index contributed by atoms with van der Waals surface area (Å²) in [5.74, 6) is 0.174. The van der Waals surface area contributed by atoms with E-state index in [4.69, 9.17) is 0 Å². The molecule has 5 heteroatoms. The van der Waals surface area contributed by atoms with Gasteiger partial charge in [-0.15, -0.1) is 0 Å². The van der Waals surface area contributed by atoms with E-state index in [-0.39, 0.29) is 23.4 Å². The van der Waals surface area contributed by atoms with Gasteiger partial charge in [-0.1, -0.05) is 36.8 Å². The summed E-state index contributed by atoms with van der Waals surface area (Å²) in [6, 6.07) is 16.1. The summed E-state index contributed by atoms with van der Waals surface area (Å²) in [4.78, 5) is 22.9. The van der Waals surface area contributed by atoms with Crippen molar-refractivity contribution in [2.45, 2.75) is 31.7 Å². The highest BCUT2D eigenvalue weighted by Crippen LogP contribution is 2.35. The van der Waals surface area contributed by atoms with Gasteiger partial charge in [-0.2, -0.15) is 0 Å². The molecule has 2 aromatic carbocycles. The summed E-state index contributed by atoms with van der Waals surface area (Å²) in [5, 5.41) is 14.3. The molecule has 1 saturated carbocycles. The first-order chi connectivity index (χ1) is 11.6. The van der Waals surface area contributed by atoms with Crippen molar-refractivity contribution in [3.63, 3.8) is 0 Å². The van der Waals surface area contributed by atoms with Crippen molar-refractivity contribution in [2.75, 3.05) is 5.32 Å². The minimum Gasteiger partial charge on any atom is -0.378 e. The van der Waals surface area contributed by atoms with E-state index in [1.165, 1.54) is 12.1 Å². The number of non-ortho nitro benzene ring substituents is 1. The van der Waals surface area contributed by atoms with E-state index in [9.17, 15) is 14.9 Å². The van der Waals surface area contributed by atoms with E-state index < -0.39 is 4.92 Å². The van der Waals surface area contributed by atoms with E-state index >= 15 is 0 Å². The zero-order chi connectivity index (χ0) is 16.9. The van der Waals surface area contributed by atoms with Crippen LogP contribution < -0.4 is 5.32 Å². The van der Waals surface area contributed by atoms with Gasteiger partial charge in [-0.05, 0) is 30.5 Å². The van der Waals surface area contributed by atoms with Crippen LogP contribution in [0.4, 0.5) is 11.4 Å². The van der Waals surface area contributed by atoms with E-state index in [1.807, 2.05) is 30.3 Å². The zero-order valence-corrected chi connectivity index (χ0v) is 13.4. The Balaban J connectivity index is 1.91. The first kappa shape index (κ1) is 16.2. The van der Waals surface area contributed by atoms with Crippen molar-refractivity contribution in [1.82, 2.24) is 0 Å². The highest BCUT2D eigenvalue weighted by Gasteiger charge is 2.31. The number of hydrogen-bond acceptors (Lipinski definition) is 4. The second-order valence-corrected chi connectivity index (χ2v) is 6.16. The molecule has 0 spiro atoms. The number of anilines is 1. The molecule has 0 amide bonds. The largest absolute Gasteiger partial charge is 0.378 e. The predicted octanol–water partition coefficient (Wildman–Crippen LogP) is 4.51. The average Bonchev–Trinajstić information content (AvgIpc) is 2.61. The fourth-order valence-electron chi connectivity index (χ4n) is 3.30. The molecule has 3 rings (SSSR count). The molecule has 5 nitrogen and oxygen atoms in total. The van der Waals surface area contributed by atoms with Gasteiger partial charge in [0.15, 0.2) is 0 Å². The third-order valence-corrected chi connectivity index (χ3v) is 4.56. The summed E-state index contributed by atoms with van der Waals surface area (Å²) < 4.78 is 0. The van der Waals surface area contributed by atoms with Crippen LogP contribution in [-0.4, -0.2) is 10.7 Å². The predicted molar refractivity (Wildman–Crippen MR) is 92.9 cm³/mol. The number of rotatable bonds is 5. The third kappa shape index (κ3) is 3.62. The Morgan fingerprint density at radius 2 is 1.75 bits per heavy atom. The Labute approximate surface area is 140 Å². The monoisotopic (exact) mass is 324 g/mol. The summed E-state index contributed by atoms with van der Waals surface area (Å²) in [6.45, 7) is 0. The first-order valence-electron chi connectivity index (χ1n) is 8.24. The lowest BCUT2D eigenvalue weighted by Gasteiger charge is -2.31. The van der Waals surface area contributed by atoms with Crippen LogP contribution in [-0.2, 0) is 4.79 Å². The van der Waals surface area contributed by atoms with Crippen molar-refractivity contribution >= 4 is 17.2 Å². The van der Waals surface area contributed by atoms with Crippen LogP contribution in [0.2, 0.25) is 0 Å². The summed E-state index contributed by atoms with van der Waals surface area (Å²) in [7, 11) is 0. The number of carbonyl (C=O) groups excluding carboxylic acids is 1. The molecular formula is C19H20N2O3. The minimum atomic E-state index is -0.408. The molecule has 0 saturated heterocycles. The van der Waals surface area contributed by atoms with Crippen molar-refractivity contribution in [2.24, 2.45) is 5.92 Å². The molecule has 0 unspecified atom stereocenters. The van der Waals surface area contributed by atoms with Crippen LogP contribution in [0.3, 0.4) is 0 Å². The molecular weight excluding hydrogens is 304 g/mol. The van der Waals surface area contributed by atoms with Crippen molar-refractivity contribution in [3.8, 4) is 0 Å². The molecule has 0 aliphatic heterocycles. The molecule has 2 atom stereocenters. The maximum absolute atomic E-state index is 12.4. The molecule has 124 valence electrons. The quantitative estimate of drug-likeness (QED) is 0.649. The summed E-state index contributed by atoms with van der Waals surface area (Å²) >= 11 is 0. The number of nitrogens with zero attached hydrogens (tertiary/aromatic N) is 1. The number of hydrogen-bond donors (Lipinski definition) is 1. The molecule has 0 bridgehead atoms. The van der Waals surface area contributed by atoms with Crippen molar-refractivity contribution in [3.05, 3.63) is 70.3 Å². The molecule has 0 aromatic heterocycles. The van der Waals surface area contributed by atoms with Gasteiger partial charge in [-0.25, -0.2) is 0 Å². The number of carbonyl (C=O) groups is 1. The second kappa shape index (κ2) is 7.25. The Hall–Kier alpha value is -2.69. The molecule has 1 aliphatic rings. The number of benzene rings is 2. The number of Topliss-reactive ketones (excluding diaryl/α,β-unsaturated/α-hetero) is 1. The number of ketones is 1. The van der Waals surface area contributed by atoms with E-state index in [2.05, 4.69) is 5.32 Å².